The summed E-state index contributed by atoms with van der Waals surface area (Å²) in [5, 5.41) is 0.652. The van der Waals surface area contributed by atoms with Crippen LogP contribution >= 0.6 is 11.6 Å². The molecule has 8 heteroatoms. The zero-order valence-corrected chi connectivity index (χ0v) is 17.8. The highest BCUT2D eigenvalue weighted by atomic mass is 35.5. The fourth-order valence-corrected chi connectivity index (χ4v) is 4.44. The number of aromatic nitrogens is 4. The Kier molecular flexibility index (Phi) is 5.36. The normalized spacial score (nSPS) is 17.9. The molecular weight excluding hydrogens is 390 g/mol. The molecule has 4 rings (SSSR count). The van der Waals surface area contributed by atoms with Crippen LogP contribution in [0.3, 0.4) is 0 Å². The van der Waals surface area contributed by atoms with Crippen LogP contribution in [0.4, 0.5) is 0 Å². The quantitative estimate of drug-likeness (QED) is 0.656. The van der Waals surface area contributed by atoms with E-state index >= 15 is 0 Å². The van der Waals surface area contributed by atoms with E-state index < -0.39 is 0 Å². The summed E-state index contributed by atoms with van der Waals surface area (Å²) in [4.78, 5) is 32.5. The summed E-state index contributed by atoms with van der Waals surface area (Å²) in [6.45, 7) is 5.42. The van der Waals surface area contributed by atoms with Crippen LogP contribution < -0.4 is 11.2 Å². The minimum Gasteiger partial charge on any atom is -0.317 e. The van der Waals surface area contributed by atoms with Gasteiger partial charge in [-0.3, -0.25) is 18.8 Å². The molecule has 1 fully saturated rings. The van der Waals surface area contributed by atoms with Crippen LogP contribution in [0.25, 0.3) is 11.2 Å². The molecule has 1 atom stereocenters. The molecular formula is C21H26ClN5O2. The van der Waals surface area contributed by atoms with Crippen molar-refractivity contribution in [2.45, 2.75) is 32.9 Å². The average Bonchev–Trinajstić information content (AvgIpc) is 3.03. The number of halogens is 1. The van der Waals surface area contributed by atoms with Gasteiger partial charge in [0.05, 0.1) is 6.54 Å². The largest absolute Gasteiger partial charge is 0.332 e. The van der Waals surface area contributed by atoms with Crippen molar-refractivity contribution < 1.29 is 0 Å². The lowest BCUT2D eigenvalue weighted by molar-refractivity contribution is 0.171. The van der Waals surface area contributed by atoms with Crippen molar-refractivity contribution in [3.8, 4) is 0 Å². The number of fused-ring (bicyclic) bond motifs is 1. The second-order valence-corrected chi connectivity index (χ2v) is 8.54. The summed E-state index contributed by atoms with van der Waals surface area (Å²) in [7, 11) is 3.17. The fourth-order valence-electron chi connectivity index (χ4n) is 4.23. The van der Waals surface area contributed by atoms with Crippen LogP contribution in [-0.2, 0) is 27.2 Å². The zero-order valence-electron chi connectivity index (χ0n) is 17.1. The standard InChI is InChI=1S/C21H26ClN5O2/c1-14-6-5-9-26(11-14)13-17-23-19-18(20(28)25(3)21(29)24(19)2)27(17)12-15-7-4-8-16(22)10-15/h4,7-8,10,14H,5-6,9,11-13H2,1-3H3/t14-/m0/s1. The fraction of sp³-hybridized carbons (Fsp3) is 0.476. The monoisotopic (exact) mass is 415 g/mol. The molecule has 1 aliphatic rings. The maximum atomic E-state index is 13.0. The Balaban J connectivity index is 1.86. The molecule has 29 heavy (non-hydrogen) atoms. The number of piperidine rings is 1. The minimum atomic E-state index is -0.368. The van der Waals surface area contributed by atoms with Gasteiger partial charge in [-0.05, 0) is 43.0 Å². The first-order valence-corrected chi connectivity index (χ1v) is 10.3. The van der Waals surface area contributed by atoms with Crippen LogP contribution in [0, 0.1) is 5.92 Å². The van der Waals surface area contributed by atoms with Gasteiger partial charge in [-0.1, -0.05) is 30.7 Å². The minimum absolute atomic E-state index is 0.323. The Hall–Kier alpha value is -2.38. The maximum Gasteiger partial charge on any atom is 0.332 e. The van der Waals surface area contributed by atoms with Gasteiger partial charge in [-0.2, -0.15) is 0 Å². The molecule has 0 N–H and O–H groups in total. The molecule has 0 radical (unpaired) electrons. The second kappa shape index (κ2) is 7.80. The Morgan fingerprint density at radius 3 is 2.69 bits per heavy atom. The molecule has 0 amide bonds. The van der Waals surface area contributed by atoms with Crippen LogP contribution in [0.1, 0.15) is 31.2 Å². The molecule has 7 nitrogen and oxygen atoms in total. The molecule has 0 spiro atoms. The van der Waals surface area contributed by atoms with E-state index in [-0.39, 0.29) is 11.2 Å². The summed E-state index contributed by atoms with van der Waals surface area (Å²) in [5.41, 5.74) is 1.18. The molecule has 3 heterocycles. The number of nitrogens with zero attached hydrogens (tertiary/aromatic N) is 5. The van der Waals surface area contributed by atoms with Crippen molar-refractivity contribution >= 4 is 22.8 Å². The van der Waals surface area contributed by atoms with Crippen molar-refractivity contribution in [2.75, 3.05) is 13.1 Å². The lowest BCUT2D eigenvalue weighted by atomic mass is 10.0. The first kappa shape index (κ1) is 19.9. The third-order valence-electron chi connectivity index (χ3n) is 5.76. The first-order valence-electron chi connectivity index (χ1n) is 9.97. The lowest BCUT2D eigenvalue weighted by Crippen LogP contribution is -2.37. The number of imidazole rings is 1. The van der Waals surface area contributed by atoms with E-state index in [0.29, 0.717) is 35.2 Å². The summed E-state index contributed by atoms with van der Waals surface area (Å²) in [6.07, 6.45) is 2.40. The maximum absolute atomic E-state index is 13.0. The molecule has 1 saturated heterocycles. The molecule has 1 aliphatic heterocycles. The van der Waals surface area contributed by atoms with Gasteiger partial charge in [0.15, 0.2) is 11.2 Å². The number of benzene rings is 1. The summed E-state index contributed by atoms with van der Waals surface area (Å²) >= 11 is 6.17. The van der Waals surface area contributed by atoms with E-state index in [9.17, 15) is 9.59 Å². The molecule has 2 aromatic heterocycles. The van der Waals surface area contributed by atoms with E-state index in [2.05, 4.69) is 11.8 Å². The molecule has 0 unspecified atom stereocenters. The van der Waals surface area contributed by atoms with E-state index in [1.54, 1.807) is 7.05 Å². The Morgan fingerprint density at radius 1 is 1.17 bits per heavy atom. The van der Waals surface area contributed by atoms with Gasteiger partial charge in [0, 0.05) is 32.2 Å². The smallest absolute Gasteiger partial charge is 0.317 e. The number of hydrogen-bond donors (Lipinski definition) is 0. The molecule has 3 aromatic rings. The SMILES string of the molecule is C[C@H]1CCCN(Cc2nc3c(c(=O)n(C)c(=O)n3C)n2Cc2cccc(Cl)c2)C1. The number of likely N-dealkylation sites (tertiary alicyclic amines) is 1. The highest BCUT2D eigenvalue weighted by Crippen LogP contribution is 2.21. The van der Waals surface area contributed by atoms with E-state index in [0.717, 1.165) is 35.5 Å². The molecule has 0 bridgehead atoms. The van der Waals surface area contributed by atoms with Crippen molar-refractivity contribution in [1.29, 1.82) is 0 Å². The second-order valence-electron chi connectivity index (χ2n) is 8.10. The predicted molar refractivity (Wildman–Crippen MR) is 114 cm³/mol. The number of hydrogen-bond acceptors (Lipinski definition) is 4. The van der Waals surface area contributed by atoms with Gasteiger partial charge in [0.2, 0.25) is 0 Å². The molecule has 1 aromatic carbocycles. The third kappa shape index (κ3) is 3.76. The zero-order chi connectivity index (χ0) is 20.7. The Labute approximate surface area is 174 Å². The number of rotatable bonds is 4. The van der Waals surface area contributed by atoms with Crippen LogP contribution in [-0.4, -0.2) is 36.7 Å². The summed E-state index contributed by atoms with van der Waals surface area (Å²) < 4.78 is 4.54. The van der Waals surface area contributed by atoms with Gasteiger partial charge in [-0.25, -0.2) is 9.78 Å². The lowest BCUT2D eigenvalue weighted by Gasteiger charge is -2.30. The highest BCUT2D eigenvalue weighted by Gasteiger charge is 2.23. The Morgan fingerprint density at radius 2 is 1.97 bits per heavy atom. The van der Waals surface area contributed by atoms with Crippen molar-refractivity contribution in [3.63, 3.8) is 0 Å². The van der Waals surface area contributed by atoms with E-state index in [1.807, 2.05) is 28.8 Å². The van der Waals surface area contributed by atoms with Gasteiger partial charge in [0.25, 0.3) is 5.56 Å². The van der Waals surface area contributed by atoms with Crippen LogP contribution in [0.2, 0.25) is 5.02 Å². The van der Waals surface area contributed by atoms with Gasteiger partial charge >= 0.3 is 5.69 Å². The Bertz CT molecular complexity index is 1180. The average molecular weight is 416 g/mol. The predicted octanol–water partition coefficient (Wildman–Crippen LogP) is 2.37. The topological polar surface area (TPSA) is 65.1 Å². The van der Waals surface area contributed by atoms with Crippen molar-refractivity contribution in [1.82, 2.24) is 23.6 Å². The third-order valence-corrected chi connectivity index (χ3v) is 6.00. The highest BCUT2D eigenvalue weighted by molar-refractivity contribution is 6.30. The van der Waals surface area contributed by atoms with Crippen molar-refractivity contribution in [2.24, 2.45) is 20.0 Å². The van der Waals surface area contributed by atoms with E-state index in [1.165, 1.54) is 18.0 Å². The van der Waals surface area contributed by atoms with Gasteiger partial charge < -0.3 is 4.57 Å². The molecule has 0 aliphatic carbocycles. The molecule has 154 valence electrons. The number of aryl methyl sites for hydroxylation is 1. The van der Waals surface area contributed by atoms with Gasteiger partial charge in [0.1, 0.15) is 5.82 Å². The van der Waals surface area contributed by atoms with Crippen molar-refractivity contribution in [3.05, 3.63) is 61.5 Å². The van der Waals surface area contributed by atoms with Crippen LogP contribution in [0.15, 0.2) is 33.9 Å². The molecule has 0 saturated carbocycles. The summed E-state index contributed by atoms with van der Waals surface area (Å²) in [6, 6.07) is 7.61. The summed E-state index contributed by atoms with van der Waals surface area (Å²) in [5.74, 6) is 1.44. The van der Waals surface area contributed by atoms with E-state index in [4.69, 9.17) is 16.6 Å². The van der Waals surface area contributed by atoms with Gasteiger partial charge in [-0.15, -0.1) is 0 Å². The first-order chi connectivity index (χ1) is 13.8. The van der Waals surface area contributed by atoms with Crippen LogP contribution in [0.5, 0.6) is 0 Å².